The molecule has 0 aromatic heterocycles. The number of hydrogen-bond acceptors (Lipinski definition) is 3. The molecule has 1 unspecified atom stereocenters. The van der Waals surface area contributed by atoms with Crippen molar-refractivity contribution in [3.8, 4) is 0 Å². The van der Waals surface area contributed by atoms with Crippen molar-refractivity contribution in [2.45, 2.75) is 26.2 Å². The third-order valence-corrected chi connectivity index (χ3v) is 3.85. The first-order valence-corrected chi connectivity index (χ1v) is 7.46. The summed E-state index contributed by atoms with van der Waals surface area (Å²) in [6, 6.07) is 7.91. The lowest BCUT2D eigenvalue weighted by Gasteiger charge is -2.32. The average Bonchev–Trinajstić information content (AvgIpc) is 2.39. The third-order valence-electron chi connectivity index (χ3n) is 3.85. The Morgan fingerprint density at radius 1 is 1.50 bits per heavy atom. The zero-order valence-electron chi connectivity index (χ0n) is 12.3. The van der Waals surface area contributed by atoms with Crippen LogP contribution < -0.4 is 11.1 Å². The molecule has 0 spiro atoms. The number of hydrogen-bond donors (Lipinski definition) is 2. The number of amides is 1. The maximum atomic E-state index is 12.1. The fourth-order valence-electron chi connectivity index (χ4n) is 2.89. The lowest BCUT2D eigenvalue weighted by atomic mass is 9.95. The molecule has 1 aromatic carbocycles. The van der Waals surface area contributed by atoms with Gasteiger partial charge in [-0.3, -0.25) is 9.69 Å². The van der Waals surface area contributed by atoms with Crippen LogP contribution in [0.5, 0.6) is 0 Å². The Labute approximate surface area is 121 Å². The van der Waals surface area contributed by atoms with Gasteiger partial charge in [-0.2, -0.15) is 0 Å². The zero-order valence-corrected chi connectivity index (χ0v) is 12.3. The number of aryl methyl sites for hydroxylation is 1. The van der Waals surface area contributed by atoms with Gasteiger partial charge >= 0.3 is 0 Å². The largest absolute Gasteiger partial charge is 0.330 e. The Bertz CT molecular complexity index is 445. The van der Waals surface area contributed by atoms with Crippen molar-refractivity contribution in [1.82, 2.24) is 4.90 Å². The number of nitrogens with two attached hydrogens (primary N) is 1. The van der Waals surface area contributed by atoms with Crippen LogP contribution in [0.2, 0.25) is 0 Å². The Morgan fingerprint density at radius 3 is 3.10 bits per heavy atom. The molecule has 1 aromatic rings. The molecule has 1 amide bonds. The Balaban J connectivity index is 1.82. The molecule has 110 valence electrons. The van der Waals surface area contributed by atoms with Gasteiger partial charge in [0.15, 0.2) is 0 Å². The number of nitrogens with one attached hydrogen (secondary N) is 1. The van der Waals surface area contributed by atoms with Crippen LogP contribution in [-0.2, 0) is 4.79 Å². The van der Waals surface area contributed by atoms with E-state index in [0.29, 0.717) is 12.5 Å². The summed E-state index contributed by atoms with van der Waals surface area (Å²) in [7, 11) is 0. The van der Waals surface area contributed by atoms with Gasteiger partial charge in [-0.1, -0.05) is 12.1 Å². The first-order valence-electron chi connectivity index (χ1n) is 7.46. The van der Waals surface area contributed by atoms with Gasteiger partial charge < -0.3 is 11.1 Å². The summed E-state index contributed by atoms with van der Waals surface area (Å²) >= 11 is 0. The Hall–Kier alpha value is -1.39. The summed E-state index contributed by atoms with van der Waals surface area (Å²) in [6.07, 6.45) is 3.48. The van der Waals surface area contributed by atoms with Gasteiger partial charge in [-0.25, -0.2) is 0 Å². The van der Waals surface area contributed by atoms with Gasteiger partial charge in [0.25, 0.3) is 0 Å². The monoisotopic (exact) mass is 275 g/mol. The van der Waals surface area contributed by atoms with E-state index in [1.54, 1.807) is 0 Å². The van der Waals surface area contributed by atoms with E-state index in [9.17, 15) is 4.79 Å². The van der Waals surface area contributed by atoms with E-state index >= 15 is 0 Å². The topological polar surface area (TPSA) is 58.4 Å². The zero-order chi connectivity index (χ0) is 14.4. The number of piperidine rings is 1. The van der Waals surface area contributed by atoms with Crippen LogP contribution in [0.4, 0.5) is 5.69 Å². The molecule has 1 atom stereocenters. The molecule has 0 saturated carbocycles. The fraction of sp³-hybridized carbons (Fsp3) is 0.562. The summed E-state index contributed by atoms with van der Waals surface area (Å²) < 4.78 is 0. The molecule has 0 radical (unpaired) electrons. The molecule has 1 heterocycles. The molecule has 3 N–H and O–H groups in total. The summed E-state index contributed by atoms with van der Waals surface area (Å²) in [4.78, 5) is 14.3. The second kappa shape index (κ2) is 7.41. The van der Waals surface area contributed by atoms with Gasteiger partial charge in [0, 0.05) is 12.2 Å². The van der Waals surface area contributed by atoms with Crippen molar-refractivity contribution >= 4 is 11.6 Å². The van der Waals surface area contributed by atoms with Crippen molar-refractivity contribution in [2.75, 3.05) is 31.5 Å². The van der Waals surface area contributed by atoms with Crippen LogP contribution in [0.3, 0.4) is 0 Å². The number of carbonyl (C=O) groups is 1. The second-order valence-corrected chi connectivity index (χ2v) is 5.74. The van der Waals surface area contributed by atoms with E-state index in [4.69, 9.17) is 5.73 Å². The number of benzene rings is 1. The molecular weight excluding hydrogens is 250 g/mol. The minimum absolute atomic E-state index is 0.0731. The molecule has 4 nitrogen and oxygen atoms in total. The van der Waals surface area contributed by atoms with E-state index in [1.807, 2.05) is 31.2 Å². The highest BCUT2D eigenvalue weighted by Crippen LogP contribution is 2.19. The molecular formula is C16H25N3O. The summed E-state index contributed by atoms with van der Waals surface area (Å²) in [5.41, 5.74) is 7.66. The number of rotatable bonds is 5. The summed E-state index contributed by atoms with van der Waals surface area (Å²) in [5, 5.41) is 2.97. The van der Waals surface area contributed by atoms with Crippen molar-refractivity contribution in [1.29, 1.82) is 0 Å². The standard InChI is InChI=1S/C16H25N3O/c1-13-4-2-6-15(10-13)18-16(20)12-19-9-3-5-14(11-19)7-8-17/h2,4,6,10,14H,3,5,7-9,11-12,17H2,1H3,(H,18,20). The Morgan fingerprint density at radius 2 is 2.35 bits per heavy atom. The van der Waals surface area contributed by atoms with E-state index < -0.39 is 0 Å². The van der Waals surface area contributed by atoms with Gasteiger partial charge in [-0.15, -0.1) is 0 Å². The minimum Gasteiger partial charge on any atom is -0.330 e. The number of nitrogens with zero attached hydrogens (tertiary/aromatic N) is 1. The quantitative estimate of drug-likeness (QED) is 0.864. The van der Waals surface area contributed by atoms with Gasteiger partial charge in [0.05, 0.1) is 6.54 Å². The molecule has 2 rings (SSSR count). The molecule has 1 saturated heterocycles. The molecule has 0 bridgehead atoms. The van der Waals surface area contributed by atoms with E-state index in [1.165, 1.54) is 12.8 Å². The van der Waals surface area contributed by atoms with Crippen LogP contribution in [0.1, 0.15) is 24.8 Å². The van der Waals surface area contributed by atoms with Crippen LogP contribution in [0.25, 0.3) is 0 Å². The van der Waals surface area contributed by atoms with Gasteiger partial charge in [0.2, 0.25) is 5.91 Å². The number of likely N-dealkylation sites (tertiary alicyclic amines) is 1. The summed E-state index contributed by atoms with van der Waals surface area (Å²) in [6.45, 7) is 5.27. The van der Waals surface area contributed by atoms with Crippen LogP contribution in [0.15, 0.2) is 24.3 Å². The van der Waals surface area contributed by atoms with Gasteiger partial charge in [-0.05, 0) is 62.9 Å². The summed E-state index contributed by atoms with van der Waals surface area (Å²) in [5.74, 6) is 0.726. The first kappa shape index (κ1) is 15.0. The second-order valence-electron chi connectivity index (χ2n) is 5.74. The maximum Gasteiger partial charge on any atom is 0.238 e. The highest BCUT2D eigenvalue weighted by Gasteiger charge is 2.20. The Kier molecular flexibility index (Phi) is 5.56. The first-order chi connectivity index (χ1) is 9.67. The van der Waals surface area contributed by atoms with Crippen molar-refractivity contribution in [2.24, 2.45) is 11.7 Å². The minimum atomic E-state index is 0.0731. The number of anilines is 1. The molecule has 1 aliphatic rings. The van der Waals surface area contributed by atoms with Crippen molar-refractivity contribution in [3.63, 3.8) is 0 Å². The lowest BCUT2D eigenvalue weighted by molar-refractivity contribution is -0.117. The highest BCUT2D eigenvalue weighted by atomic mass is 16.2. The smallest absolute Gasteiger partial charge is 0.238 e. The van der Waals surface area contributed by atoms with Crippen molar-refractivity contribution in [3.05, 3.63) is 29.8 Å². The normalized spacial score (nSPS) is 19.8. The third kappa shape index (κ3) is 4.62. The maximum absolute atomic E-state index is 12.1. The SMILES string of the molecule is Cc1cccc(NC(=O)CN2CCCC(CCN)C2)c1. The predicted molar refractivity (Wildman–Crippen MR) is 82.6 cm³/mol. The van der Waals surface area contributed by atoms with Crippen molar-refractivity contribution < 1.29 is 4.79 Å². The van der Waals surface area contributed by atoms with E-state index in [2.05, 4.69) is 10.2 Å². The predicted octanol–water partition coefficient (Wildman–Crippen LogP) is 1.99. The molecule has 0 aliphatic carbocycles. The lowest BCUT2D eigenvalue weighted by Crippen LogP contribution is -2.40. The van der Waals surface area contributed by atoms with E-state index in [-0.39, 0.29) is 5.91 Å². The molecule has 4 heteroatoms. The molecule has 1 fully saturated rings. The molecule has 20 heavy (non-hydrogen) atoms. The van der Waals surface area contributed by atoms with Crippen LogP contribution in [0, 0.1) is 12.8 Å². The van der Waals surface area contributed by atoms with Crippen LogP contribution >= 0.6 is 0 Å². The highest BCUT2D eigenvalue weighted by molar-refractivity contribution is 5.92. The van der Waals surface area contributed by atoms with Gasteiger partial charge in [0.1, 0.15) is 0 Å². The average molecular weight is 275 g/mol. The number of carbonyl (C=O) groups excluding carboxylic acids is 1. The molecule has 1 aliphatic heterocycles. The van der Waals surface area contributed by atoms with Crippen LogP contribution in [-0.4, -0.2) is 37.0 Å². The van der Waals surface area contributed by atoms with E-state index in [0.717, 1.165) is 37.3 Å². The fourth-order valence-corrected chi connectivity index (χ4v) is 2.89.